The lowest BCUT2D eigenvalue weighted by Crippen LogP contribution is -2.09. The normalized spacial score (nSPS) is 10.0. The largest absolute Gasteiger partial charge is 0.457 e. The van der Waals surface area contributed by atoms with E-state index < -0.39 is 0 Å². The third-order valence-electron chi connectivity index (χ3n) is 3.57. The zero-order valence-electron chi connectivity index (χ0n) is 14.1. The van der Waals surface area contributed by atoms with Crippen molar-refractivity contribution in [3.8, 4) is 28.8 Å². The second-order valence-electron chi connectivity index (χ2n) is 5.55. The summed E-state index contributed by atoms with van der Waals surface area (Å²) in [6, 6.07) is 20.1. The van der Waals surface area contributed by atoms with Gasteiger partial charge in [0.25, 0.3) is 0 Å². The number of nitrogen functional groups attached to an aromatic ring is 1. The van der Waals surface area contributed by atoms with Gasteiger partial charge in [-0.05, 0) is 36.4 Å². The Morgan fingerprint density at radius 3 is 2.38 bits per heavy atom. The Kier molecular flexibility index (Phi) is 4.81. The van der Waals surface area contributed by atoms with Gasteiger partial charge in [0.05, 0.1) is 11.4 Å². The van der Waals surface area contributed by atoms with Crippen LogP contribution in [0.1, 0.15) is 12.5 Å². The van der Waals surface area contributed by atoms with Gasteiger partial charge in [0.1, 0.15) is 28.9 Å². The third kappa shape index (κ3) is 3.79. The first-order chi connectivity index (χ1) is 12.6. The van der Waals surface area contributed by atoms with Crippen molar-refractivity contribution in [1.82, 2.24) is 4.98 Å². The predicted molar refractivity (Wildman–Crippen MR) is 99.6 cm³/mol. The van der Waals surface area contributed by atoms with Crippen LogP contribution in [-0.2, 0) is 4.79 Å². The van der Waals surface area contributed by atoms with E-state index in [1.54, 1.807) is 24.3 Å². The Morgan fingerprint density at radius 1 is 1.12 bits per heavy atom. The molecule has 0 unspecified atom stereocenters. The minimum absolute atomic E-state index is 0.255. The smallest absolute Gasteiger partial charge is 0.222 e. The van der Waals surface area contributed by atoms with Crippen molar-refractivity contribution in [2.75, 3.05) is 11.1 Å². The van der Waals surface area contributed by atoms with E-state index in [0.717, 1.165) is 5.75 Å². The number of amides is 1. The van der Waals surface area contributed by atoms with Crippen LogP contribution in [0.5, 0.6) is 11.5 Å². The summed E-state index contributed by atoms with van der Waals surface area (Å²) in [6.07, 6.45) is 0. The van der Waals surface area contributed by atoms with E-state index in [-0.39, 0.29) is 17.2 Å². The van der Waals surface area contributed by atoms with Gasteiger partial charge in [-0.15, -0.1) is 0 Å². The number of rotatable bonds is 4. The molecule has 3 N–H and O–H groups in total. The molecular weight excluding hydrogens is 328 g/mol. The summed E-state index contributed by atoms with van der Waals surface area (Å²) >= 11 is 0. The number of hydrogen-bond donors (Lipinski definition) is 2. The highest BCUT2D eigenvalue weighted by atomic mass is 16.5. The van der Waals surface area contributed by atoms with E-state index in [4.69, 9.17) is 10.5 Å². The summed E-state index contributed by atoms with van der Waals surface area (Å²) in [7, 11) is 0. The number of aromatic nitrogens is 1. The van der Waals surface area contributed by atoms with Gasteiger partial charge in [0.15, 0.2) is 0 Å². The Balaban J connectivity index is 1.94. The number of ether oxygens (including phenoxy) is 1. The average molecular weight is 344 g/mol. The molecule has 26 heavy (non-hydrogen) atoms. The van der Waals surface area contributed by atoms with Crippen molar-refractivity contribution in [2.45, 2.75) is 6.92 Å². The predicted octanol–water partition coefficient (Wildman–Crippen LogP) is 3.95. The number of anilines is 2. The Bertz CT molecular complexity index is 977. The van der Waals surface area contributed by atoms with Crippen LogP contribution in [-0.4, -0.2) is 10.9 Å². The molecule has 0 radical (unpaired) electrons. The number of hydrogen-bond acceptors (Lipinski definition) is 5. The van der Waals surface area contributed by atoms with Crippen molar-refractivity contribution in [1.29, 1.82) is 5.26 Å². The van der Waals surface area contributed by atoms with Crippen LogP contribution in [0.25, 0.3) is 11.3 Å². The van der Waals surface area contributed by atoms with Crippen molar-refractivity contribution in [3.05, 3.63) is 66.2 Å². The number of pyridine rings is 1. The number of nitrogens with zero attached hydrogens (tertiary/aromatic N) is 2. The molecule has 6 heteroatoms. The maximum atomic E-state index is 11.3. The van der Waals surface area contributed by atoms with Gasteiger partial charge >= 0.3 is 0 Å². The molecule has 1 amide bonds. The summed E-state index contributed by atoms with van der Waals surface area (Å²) in [5, 5.41) is 12.0. The molecule has 0 aliphatic carbocycles. The Hall–Kier alpha value is -3.85. The molecule has 1 aromatic heterocycles. The van der Waals surface area contributed by atoms with Gasteiger partial charge in [0, 0.05) is 18.6 Å². The van der Waals surface area contributed by atoms with Crippen LogP contribution >= 0.6 is 0 Å². The Labute approximate surface area is 150 Å². The molecule has 0 aliphatic heterocycles. The molecule has 0 aliphatic rings. The molecule has 1 heterocycles. The quantitative estimate of drug-likeness (QED) is 0.746. The molecule has 0 spiro atoms. The van der Waals surface area contributed by atoms with Crippen LogP contribution in [0.15, 0.2) is 60.7 Å². The molecule has 0 fully saturated rings. The maximum absolute atomic E-state index is 11.3. The fourth-order valence-electron chi connectivity index (χ4n) is 2.44. The molecule has 3 rings (SSSR count). The second-order valence-corrected chi connectivity index (χ2v) is 5.55. The molecular formula is C20H16N4O2. The van der Waals surface area contributed by atoms with Crippen LogP contribution in [0.2, 0.25) is 0 Å². The summed E-state index contributed by atoms with van der Waals surface area (Å²) in [4.78, 5) is 15.6. The van der Waals surface area contributed by atoms with Gasteiger partial charge in [-0.2, -0.15) is 5.26 Å². The number of nitrogens with two attached hydrogens (primary N) is 1. The van der Waals surface area contributed by atoms with Gasteiger partial charge < -0.3 is 15.8 Å². The fourth-order valence-corrected chi connectivity index (χ4v) is 2.44. The van der Waals surface area contributed by atoms with Crippen molar-refractivity contribution in [3.63, 3.8) is 0 Å². The van der Waals surface area contributed by atoms with Crippen molar-refractivity contribution >= 4 is 17.4 Å². The van der Waals surface area contributed by atoms with Gasteiger partial charge in [0.2, 0.25) is 5.91 Å². The lowest BCUT2D eigenvalue weighted by atomic mass is 10.0. The van der Waals surface area contributed by atoms with E-state index in [1.165, 1.54) is 13.0 Å². The summed E-state index contributed by atoms with van der Waals surface area (Å²) < 4.78 is 5.76. The van der Waals surface area contributed by atoms with E-state index in [1.807, 2.05) is 30.3 Å². The fraction of sp³-hybridized carbons (Fsp3) is 0.0500. The number of nitrogens with one attached hydrogen (secondary N) is 1. The van der Waals surface area contributed by atoms with E-state index in [0.29, 0.717) is 22.8 Å². The van der Waals surface area contributed by atoms with Gasteiger partial charge in [-0.3, -0.25) is 4.79 Å². The van der Waals surface area contributed by atoms with Gasteiger partial charge in [-0.1, -0.05) is 18.2 Å². The molecule has 128 valence electrons. The second kappa shape index (κ2) is 7.36. The number of carbonyl (C=O) groups excluding carboxylic acids is 1. The molecule has 0 saturated heterocycles. The number of benzene rings is 2. The summed E-state index contributed by atoms with van der Waals surface area (Å²) in [5.41, 5.74) is 7.56. The van der Waals surface area contributed by atoms with E-state index in [9.17, 15) is 10.1 Å². The number of carbonyl (C=O) groups is 1. The lowest BCUT2D eigenvalue weighted by Gasteiger charge is -2.11. The van der Waals surface area contributed by atoms with Crippen molar-refractivity contribution in [2.24, 2.45) is 0 Å². The molecule has 6 nitrogen and oxygen atoms in total. The molecule has 0 bridgehead atoms. The van der Waals surface area contributed by atoms with E-state index >= 15 is 0 Å². The van der Waals surface area contributed by atoms with E-state index in [2.05, 4.69) is 16.4 Å². The highest BCUT2D eigenvalue weighted by molar-refractivity contribution is 5.89. The zero-order chi connectivity index (χ0) is 18.5. The minimum atomic E-state index is -0.265. The topological polar surface area (TPSA) is 101 Å². The van der Waals surface area contributed by atoms with Crippen molar-refractivity contribution < 1.29 is 9.53 Å². The highest BCUT2D eigenvalue weighted by Crippen LogP contribution is 2.30. The average Bonchev–Trinajstić information content (AvgIpc) is 2.62. The lowest BCUT2D eigenvalue weighted by molar-refractivity contribution is -0.114. The van der Waals surface area contributed by atoms with Crippen LogP contribution < -0.4 is 15.8 Å². The monoisotopic (exact) mass is 344 g/mol. The van der Waals surface area contributed by atoms with Gasteiger partial charge in [-0.25, -0.2) is 4.98 Å². The maximum Gasteiger partial charge on any atom is 0.222 e. The number of nitriles is 1. The SMILES string of the molecule is CC(=O)Nc1cc(N)c(C#N)c(-c2ccc(Oc3ccccc3)cc2)n1. The molecule has 0 saturated carbocycles. The molecule has 2 aromatic carbocycles. The first kappa shape index (κ1) is 17.0. The highest BCUT2D eigenvalue weighted by Gasteiger charge is 2.13. The summed E-state index contributed by atoms with van der Waals surface area (Å²) in [6.45, 7) is 1.38. The first-order valence-corrected chi connectivity index (χ1v) is 7.88. The summed E-state index contributed by atoms with van der Waals surface area (Å²) in [5.74, 6) is 1.42. The first-order valence-electron chi connectivity index (χ1n) is 7.88. The van der Waals surface area contributed by atoms with Crippen LogP contribution in [0.3, 0.4) is 0 Å². The Morgan fingerprint density at radius 2 is 1.77 bits per heavy atom. The number of para-hydroxylation sites is 1. The zero-order valence-corrected chi connectivity index (χ0v) is 14.1. The minimum Gasteiger partial charge on any atom is -0.457 e. The van der Waals surface area contributed by atoms with Crippen LogP contribution in [0, 0.1) is 11.3 Å². The molecule has 3 aromatic rings. The third-order valence-corrected chi connectivity index (χ3v) is 3.57. The standard InChI is InChI=1S/C20H16N4O2/c1-13(25)23-19-11-18(22)17(12-21)20(24-19)14-7-9-16(10-8-14)26-15-5-3-2-4-6-15/h2-11H,1H3,(H3,22,23,24,25). The molecule has 0 atom stereocenters. The van der Waals surface area contributed by atoms with Crippen LogP contribution in [0.4, 0.5) is 11.5 Å².